The second kappa shape index (κ2) is 14.1. The fourth-order valence-corrected chi connectivity index (χ4v) is 7.59. The zero-order chi connectivity index (χ0) is 42.3. The molecule has 0 aliphatic rings. The third kappa shape index (κ3) is 7.14. The highest BCUT2D eigenvalue weighted by Crippen LogP contribution is 2.49. The summed E-state index contributed by atoms with van der Waals surface area (Å²) in [6.45, 7) is 3.53. The Kier molecular flexibility index (Phi) is 9.87. The number of pyridine rings is 1. The van der Waals surface area contributed by atoms with E-state index in [1.54, 1.807) is 6.92 Å². The van der Waals surface area contributed by atoms with E-state index in [0.29, 0.717) is 43.5 Å². The largest absolute Gasteiger partial charge is 0.455 e. The van der Waals surface area contributed by atoms with Crippen LogP contribution in [0.2, 0.25) is 0 Å². The van der Waals surface area contributed by atoms with Crippen molar-refractivity contribution in [3.8, 4) is 22.3 Å². The van der Waals surface area contributed by atoms with E-state index in [1.807, 2.05) is 6.92 Å². The van der Waals surface area contributed by atoms with Gasteiger partial charge in [0.15, 0.2) is 0 Å². The molecule has 5 aromatic carbocycles. The first-order valence-electron chi connectivity index (χ1n) is 17.9. The summed E-state index contributed by atoms with van der Waals surface area (Å²) in [5, 5.41) is -1.30. The lowest BCUT2D eigenvalue weighted by Crippen LogP contribution is -2.35. The summed E-state index contributed by atoms with van der Waals surface area (Å²) in [5.74, 6) is -0.271. The second-order valence-corrected chi connectivity index (χ2v) is 14.2. The van der Waals surface area contributed by atoms with Crippen LogP contribution in [0.15, 0.2) is 86.8 Å². The van der Waals surface area contributed by atoms with Crippen LogP contribution in [0, 0.1) is 5.92 Å². The Hall–Kier alpha value is -5.54. The van der Waals surface area contributed by atoms with Crippen LogP contribution in [0.25, 0.3) is 65.7 Å². The molecule has 58 heavy (non-hydrogen) atoms. The summed E-state index contributed by atoms with van der Waals surface area (Å²) in [5.41, 5.74) is -11.6. The number of fused-ring (bicyclic) bond motifs is 2. The van der Waals surface area contributed by atoms with Gasteiger partial charge in [-0.3, -0.25) is 14.2 Å². The van der Waals surface area contributed by atoms with Crippen LogP contribution in [0.3, 0.4) is 0 Å². The summed E-state index contributed by atoms with van der Waals surface area (Å²) in [6, 6.07) is 9.18. The summed E-state index contributed by atoms with van der Waals surface area (Å²) in [6.07, 6.45) is -18.7. The van der Waals surface area contributed by atoms with Crippen molar-refractivity contribution in [2.24, 2.45) is 5.92 Å². The van der Waals surface area contributed by atoms with Crippen LogP contribution < -0.4 is 11.1 Å². The van der Waals surface area contributed by atoms with Gasteiger partial charge in [0.25, 0.3) is 11.1 Å². The molecular weight excluding hydrogens is 794 g/mol. The first-order valence-corrected chi connectivity index (χ1v) is 17.9. The van der Waals surface area contributed by atoms with Crippen molar-refractivity contribution in [2.45, 2.75) is 70.8 Å². The summed E-state index contributed by atoms with van der Waals surface area (Å²) in [4.78, 5) is 28.9. The van der Waals surface area contributed by atoms with E-state index < -0.39 is 80.4 Å². The van der Waals surface area contributed by atoms with Gasteiger partial charge in [0.2, 0.25) is 0 Å². The molecular formula is C42H29F12NO3. The Balaban J connectivity index is 1.75. The van der Waals surface area contributed by atoms with Crippen molar-refractivity contribution in [1.29, 1.82) is 0 Å². The van der Waals surface area contributed by atoms with Crippen LogP contribution in [-0.2, 0) is 31.2 Å². The molecule has 0 saturated carbocycles. The van der Waals surface area contributed by atoms with Gasteiger partial charge >= 0.3 is 24.7 Å². The van der Waals surface area contributed by atoms with Crippen molar-refractivity contribution < 1.29 is 57.1 Å². The molecule has 4 nitrogen and oxygen atoms in total. The van der Waals surface area contributed by atoms with E-state index >= 15 is 0 Å². The van der Waals surface area contributed by atoms with E-state index in [0.717, 1.165) is 23.1 Å². The number of halogens is 12. The van der Waals surface area contributed by atoms with Gasteiger partial charge in [0.1, 0.15) is 11.2 Å². The molecule has 7 rings (SSSR count). The number of aromatic nitrogens is 1. The lowest BCUT2D eigenvalue weighted by Gasteiger charge is -2.22. The van der Waals surface area contributed by atoms with E-state index in [9.17, 15) is 62.3 Å². The molecule has 0 spiro atoms. The Labute approximate surface area is 319 Å². The van der Waals surface area contributed by atoms with Gasteiger partial charge in [0.05, 0.1) is 22.3 Å². The Morgan fingerprint density at radius 3 is 1.50 bits per heavy atom. The molecule has 16 heteroatoms. The lowest BCUT2D eigenvalue weighted by molar-refractivity contribution is -0.144. The number of benzene rings is 5. The van der Waals surface area contributed by atoms with Crippen LogP contribution in [0.4, 0.5) is 52.7 Å². The maximum absolute atomic E-state index is 14.5. The van der Waals surface area contributed by atoms with Crippen LogP contribution in [-0.4, -0.2) is 4.57 Å². The number of hydrogen-bond acceptors (Lipinski definition) is 3. The molecule has 304 valence electrons. The predicted octanol–water partition coefficient (Wildman–Crippen LogP) is 13.5. The van der Waals surface area contributed by atoms with E-state index in [2.05, 4.69) is 0 Å². The van der Waals surface area contributed by atoms with Gasteiger partial charge in [-0.1, -0.05) is 51.3 Å². The van der Waals surface area contributed by atoms with Gasteiger partial charge in [-0.2, -0.15) is 52.7 Å². The quantitative estimate of drug-likeness (QED) is 0.0871. The number of nitrogens with zero attached hydrogens (tertiary/aromatic N) is 1. The fraction of sp³-hybridized carbons (Fsp3) is 0.286. The normalized spacial score (nSPS) is 13.8. The van der Waals surface area contributed by atoms with Crippen molar-refractivity contribution in [1.82, 2.24) is 4.57 Å². The van der Waals surface area contributed by atoms with Crippen molar-refractivity contribution in [3.63, 3.8) is 0 Å². The number of alkyl halides is 12. The van der Waals surface area contributed by atoms with Crippen LogP contribution in [0.5, 0.6) is 0 Å². The third-order valence-corrected chi connectivity index (χ3v) is 10.5. The minimum Gasteiger partial charge on any atom is -0.455 e. The molecule has 0 fully saturated rings. The third-order valence-electron chi connectivity index (χ3n) is 10.5. The summed E-state index contributed by atoms with van der Waals surface area (Å²) in [7, 11) is 0. The SMILES string of the molecule is CCCCC(CC)Cn1c(=O)c2cc(-c3cc(C(F)(F)F)cc(C(F)(F)F)c3)c3oc4ccccc4c4c(-c5cc(C(F)(F)F)cc(C(F)(F)F)c5)cc(c1=O)c2c34. The Morgan fingerprint density at radius 2 is 1.03 bits per heavy atom. The molecule has 0 amide bonds. The zero-order valence-corrected chi connectivity index (χ0v) is 30.2. The van der Waals surface area contributed by atoms with Gasteiger partial charge in [0, 0.05) is 44.4 Å². The molecule has 0 N–H and O–H groups in total. The number of hydrogen-bond donors (Lipinski definition) is 0. The molecule has 0 aliphatic heterocycles. The number of rotatable bonds is 8. The predicted molar refractivity (Wildman–Crippen MR) is 195 cm³/mol. The number of para-hydroxylation sites is 1. The average molecular weight is 824 g/mol. The van der Waals surface area contributed by atoms with Crippen LogP contribution >= 0.6 is 0 Å². The highest BCUT2D eigenvalue weighted by Gasteiger charge is 2.39. The molecule has 0 bridgehead atoms. The van der Waals surface area contributed by atoms with Crippen molar-refractivity contribution >= 4 is 43.5 Å². The molecule has 2 aromatic heterocycles. The van der Waals surface area contributed by atoms with Gasteiger partial charge in [-0.15, -0.1) is 0 Å². The topological polar surface area (TPSA) is 52.2 Å². The van der Waals surface area contributed by atoms with E-state index in [4.69, 9.17) is 4.42 Å². The van der Waals surface area contributed by atoms with E-state index in [1.165, 1.54) is 24.3 Å². The zero-order valence-electron chi connectivity index (χ0n) is 30.2. The maximum Gasteiger partial charge on any atom is 0.416 e. The smallest absolute Gasteiger partial charge is 0.416 e. The highest BCUT2D eigenvalue weighted by molar-refractivity contribution is 6.32. The number of unbranched alkanes of at least 4 members (excludes halogenated alkanes) is 1. The molecule has 0 radical (unpaired) electrons. The highest BCUT2D eigenvalue weighted by atomic mass is 19.4. The standard InChI is InChI=1S/C42H29F12NO3/c1-3-5-8-20(4-2)19-55-37(56)30-17-28(21-11-23(39(43,44)45)15-24(12-21)40(46,47)48)33-27-9-6-7-10-32(27)58-36-29(18-31(38(55)57)34(30)35(33)36)22-13-25(41(49,50)51)16-26(14-22)42(52,53)54/h6-7,9-18,20H,3-5,8,19H2,1-2H3. The molecule has 2 heterocycles. The fourth-order valence-electron chi connectivity index (χ4n) is 7.59. The average Bonchev–Trinajstić information content (AvgIpc) is 3.15. The molecule has 1 unspecified atom stereocenters. The van der Waals surface area contributed by atoms with Crippen molar-refractivity contribution in [3.05, 3.63) is 116 Å². The monoisotopic (exact) mass is 823 g/mol. The molecule has 0 aliphatic carbocycles. The van der Waals surface area contributed by atoms with E-state index in [-0.39, 0.29) is 68.1 Å². The Morgan fingerprint density at radius 1 is 0.569 bits per heavy atom. The van der Waals surface area contributed by atoms with Crippen molar-refractivity contribution in [2.75, 3.05) is 0 Å². The molecule has 1 atom stereocenters. The Bertz CT molecular complexity index is 2750. The molecule has 0 saturated heterocycles. The molecule has 7 aromatic rings. The van der Waals surface area contributed by atoms with Gasteiger partial charge in [-0.05, 0) is 83.6 Å². The van der Waals surface area contributed by atoms with Gasteiger partial charge in [-0.25, -0.2) is 0 Å². The maximum atomic E-state index is 14.5. The first-order chi connectivity index (χ1) is 27.0. The first kappa shape index (κ1) is 40.6. The summed E-state index contributed by atoms with van der Waals surface area (Å²) < 4.78 is 178. The minimum absolute atomic E-state index is 0.0404. The lowest BCUT2D eigenvalue weighted by atomic mass is 9.86. The second-order valence-electron chi connectivity index (χ2n) is 14.2. The van der Waals surface area contributed by atoms with Crippen LogP contribution in [0.1, 0.15) is 61.8 Å². The minimum atomic E-state index is -5.30. The van der Waals surface area contributed by atoms with Gasteiger partial charge < -0.3 is 4.42 Å². The summed E-state index contributed by atoms with van der Waals surface area (Å²) >= 11 is 0.